The van der Waals surface area contributed by atoms with Crippen molar-refractivity contribution in [2.45, 2.75) is 13.5 Å². The summed E-state index contributed by atoms with van der Waals surface area (Å²) in [6, 6.07) is 15.4. The van der Waals surface area contributed by atoms with Gasteiger partial charge >= 0.3 is 0 Å². The largest absolute Gasteiger partial charge is 0.358 e. The third-order valence-electron chi connectivity index (χ3n) is 4.31. The summed E-state index contributed by atoms with van der Waals surface area (Å²) in [5, 5.41) is 6.90. The first-order valence-corrected chi connectivity index (χ1v) is 9.31. The van der Waals surface area contributed by atoms with Gasteiger partial charge in [0.15, 0.2) is 5.11 Å². The predicted molar refractivity (Wildman–Crippen MR) is 116 cm³/mol. The van der Waals surface area contributed by atoms with Crippen molar-refractivity contribution in [2.75, 3.05) is 19.4 Å². The molecule has 0 atom stereocenters. The zero-order chi connectivity index (χ0) is 20.1. The molecule has 1 heterocycles. The van der Waals surface area contributed by atoms with Crippen LogP contribution < -0.4 is 10.6 Å². The molecule has 0 saturated carbocycles. The van der Waals surface area contributed by atoms with Crippen LogP contribution in [0.4, 0.5) is 5.69 Å². The number of imidazole rings is 1. The average molecular weight is 394 g/mol. The van der Waals surface area contributed by atoms with Crippen LogP contribution in [0.15, 0.2) is 60.9 Å². The van der Waals surface area contributed by atoms with E-state index in [1.807, 2.05) is 42.0 Å². The number of amides is 1. The lowest BCUT2D eigenvalue weighted by atomic mass is 10.1. The monoisotopic (exact) mass is 393 g/mol. The molecule has 0 aliphatic rings. The van der Waals surface area contributed by atoms with Gasteiger partial charge in [0.25, 0.3) is 5.91 Å². The summed E-state index contributed by atoms with van der Waals surface area (Å²) in [7, 11) is 3.47. The lowest BCUT2D eigenvalue weighted by Crippen LogP contribution is -2.28. The van der Waals surface area contributed by atoms with Crippen LogP contribution >= 0.6 is 12.2 Å². The molecule has 144 valence electrons. The third-order valence-corrected chi connectivity index (χ3v) is 4.56. The zero-order valence-corrected chi connectivity index (χ0v) is 17.0. The smallest absolute Gasteiger partial charge is 0.253 e. The standard InChI is InChI=1S/C21H23N5OS/c1-15-22-12-13-26(15)19-7-5-4-6-17(19)14-23-21(28)24-18-10-8-16(9-11-18)20(27)25(2)3/h4-13H,14H2,1-3H3,(H2,23,24,28). The maximum Gasteiger partial charge on any atom is 0.253 e. The molecule has 0 spiro atoms. The number of hydrogen-bond acceptors (Lipinski definition) is 3. The summed E-state index contributed by atoms with van der Waals surface area (Å²) in [5.74, 6) is 0.902. The van der Waals surface area contributed by atoms with Crippen LogP contribution in [-0.4, -0.2) is 39.6 Å². The van der Waals surface area contributed by atoms with E-state index >= 15 is 0 Å². The van der Waals surface area contributed by atoms with Crippen LogP contribution in [0.1, 0.15) is 21.7 Å². The molecule has 1 amide bonds. The van der Waals surface area contributed by atoms with Gasteiger partial charge in [-0.15, -0.1) is 0 Å². The molecule has 0 saturated heterocycles. The second kappa shape index (κ2) is 8.67. The van der Waals surface area contributed by atoms with E-state index in [4.69, 9.17) is 12.2 Å². The van der Waals surface area contributed by atoms with E-state index in [0.717, 1.165) is 22.8 Å². The average Bonchev–Trinajstić information content (AvgIpc) is 3.12. The minimum Gasteiger partial charge on any atom is -0.358 e. The first-order chi connectivity index (χ1) is 13.5. The van der Waals surface area contributed by atoms with Crippen molar-refractivity contribution in [3.8, 4) is 5.69 Å². The van der Waals surface area contributed by atoms with Gasteiger partial charge in [0.2, 0.25) is 0 Å². The lowest BCUT2D eigenvalue weighted by molar-refractivity contribution is 0.0827. The number of nitrogens with zero attached hydrogens (tertiary/aromatic N) is 3. The number of nitrogens with one attached hydrogen (secondary N) is 2. The highest BCUT2D eigenvalue weighted by atomic mass is 32.1. The van der Waals surface area contributed by atoms with Gasteiger partial charge < -0.3 is 20.1 Å². The Morgan fingerprint density at radius 1 is 1.14 bits per heavy atom. The van der Waals surface area contributed by atoms with Crippen molar-refractivity contribution in [1.82, 2.24) is 19.8 Å². The normalized spacial score (nSPS) is 10.4. The number of aryl methyl sites for hydroxylation is 1. The van der Waals surface area contributed by atoms with E-state index < -0.39 is 0 Å². The highest BCUT2D eigenvalue weighted by molar-refractivity contribution is 7.80. The van der Waals surface area contributed by atoms with Gasteiger partial charge in [-0.05, 0) is 55.0 Å². The van der Waals surface area contributed by atoms with Gasteiger partial charge in [0.1, 0.15) is 5.82 Å². The summed E-state index contributed by atoms with van der Waals surface area (Å²) in [4.78, 5) is 17.8. The quantitative estimate of drug-likeness (QED) is 0.651. The zero-order valence-electron chi connectivity index (χ0n) is 16.1. The van der Waals surface area contributed by atoms with E-state index in [1.54, 1.807) is 37.3 Å². The van der Waals surface area contributed by atoms with Gasteiger partial charge in [-0.25, -0.2) is 4.98 Å². The Hall–Kier alpha value is -3.19. The molecule has 7 heteroatoms. The number of hydrogen-bond donors (Lipinski definition) is 2. The number of carbonyl (C=O) groups excluding carboxylic acids is 1. The second-order valence-corrected chi connectivity index (χ2v) is 6.97. The SMILES string of the molecule is Cc1nccn1-c1ccccc1CNC(=S)Nc1ccc(C(=O)N(C)C)cc1. The molecule has 2 N–H and O–H groups in total. The maximum atomic E-state index is 12.0. The van der Waals surface area contributed by atoms with Crippen molar-refractivity contribution in [3.63, 3.8) is 0 Å². The summed E-state index contributed by atoms with van der Waals surface area (Å²) in [5.41, 5.74) is 3.64. The summed E-state index contributed by atoms with van der Waals surface area (Å²) in [6.45, 7) is 2.55. The Kier molecular flexibility index (Phi) is 6.06. The Balaban J connectivity index is 1.63. The number of aromatic nitrogens is 2. The first kappa shape index (κ1) is 19.6. The highest BCUT2D eigenvalue weighted by Crippen LogP contribution is 2.16. The Labute approximate surface area is 170 Å². The molecule has 3 rings (SSSR count). The van der Waals surface area contributed by atoms with E-state index in [2.05, 4.69) is 27.8 Å². The fourth-order valence-electron chi connectivity index (χ4n) is 2.83. The third kappa shape index (κ3) is 4.55. The van der Waals surface area contributed by atoms with Gasteiger partial charge in [0, 0.05) is 44.3 Å². The molecule has 0 fully saturated rings. The molecule has 28 heavy (non-hydrogen) atoms. The van der Waals surface area contributed by atoms with Crippen molar-refractivity contribution < 1.29 is 4.79 Å². The van der Waals surface area contributed by atoms with Crippen LogP contribution in [-0.2, 0) is 6.54 Å². The molecule has 3 aromatic rings. The fraction of sp³-hybridized carbons (Fsp3) is 0.190. The molecule has 1 aromatic heterocycles. The molecule has 2 aromatic carbocycles. The van der Waals surface area contributed by atoms with Gasteiger partial charge in [-0.2, -0.15) is 0 Å². The molecule has 0 aliphatic heterocycles. The highest BCUT2D eigenvalue weighted by Gasteiger charge is 2.09. The molecular formula is C21H23N5OS. The van der Waals surface area contributed by atoms with Gasteiger partial charge in [-0.1, -0.05) is 18.2 Å². The molecule has 6 nitrogen and oxygen atoms in total. The van der Waals surface area contributed by atoms with Crippen LogP contribution in [0.5, 0.6) is 0 Å². The second-order valence-electron chi connectivity index (χ2n) is 6.56. The van der Waals surface area contributed by atoms with E-state index in [0.29, 0.717) is 17.2 Å². The Bertz CT molecular complexity index is 978. The van der Waals surface area contributed by atoms with Crippen molar-refractivity contribution in [2.24, 2.45) is 0 Å². The van der Waals surface area contributed by atoms with Crippen molar-refractivity contribution in [1.29, 1.82) is 0 Å². The summed E-state index contributed by atoms with van der Waals surface area (Å²) >= 11 is 5.41. The topological polar surface area (TPSA) is 62.2 Å². The van der Waals surface area contributed by atoms with Crippen LogP contribution in [0.2, 0.25) is 0 Å². The van der Waals surface area contributed by atoms with Crippen LogP contribution in [0, 0.1) is 6.92 Å². The first-order valence-electron chi connectivity index (χ1n) is 8.90. The summed E-state index contributed by atoms with van der Waals surface area (Å²) < 4.78 is 2.05. The van der Waals surface area contributed by atoms with Gasteiger partial charge in [0.05, 0.1) is 5.69 Å². The fourth-order valence-corrected chi connectivity index (χ4v) is 3.02. The number of rotatable bonds is 5. The van der Waals surface area contributed by atoms with E-state index in [1.165, 1.54) is 0 Å². The number of thiocarbonyl (C=S) groups is 1. The number of benzene rings is 2. The van der Waals surface area contributed by atoms with Crippen LogP contribution in [0.3, 0.4) is 0 Å². The van der Waals surface area contributed by atoms with E-state index in [9.17, 15) is 4.79 Å². The molecule has 0 aliphatic carbocycles. The minimum atomic E-state index is -0.0290. The Morgan fingerprint density at radius 2 is 1.86 bits per heavy atom. The lowest BCUT2D eigenvalue weighted by Gasteiger charge is -2.15. The van der Waals surface area contributed by atoms with Crippen LogP contribution in [0.25, 0.3) is 5.69 Å². The summed E-state index contributed by atoms with van der Waals surface area (Å²) in [6.07, 6.45) is 3.73. The Morgan fingerprint density at radius 3 is 2.50 bits per heavy atom. The predicted octanol–water partition coefficient (Wildman–Crippen LogP) is 3.37. The number of carbonyl (C=O) groups is 1. The minimum absolute atomic E-state index is 0.0290. The van der Waals surface area contributed by atoms with Crippen molar-refractivity contribution >= 4 is 28.9 Å². The molecule has 0 radical (unpaired) electrons. The maximum absolute atomic E-state index is 12.0. The van der Waals surface area contributed by atoms with E-state index in [-0.39, 0.29) is 5.91 Å². The number of anilines is 1. The molecule has 0 bridgehead atoms. The van der Waals surface area contributed by atoms with Gasteiger partial charge in [-0.3, -0.25) is 4.79 Å². The molecule has 0 unspecified atom stereocenters. The number of para-hydroxylation sites is 1. The van der Waals surface area contributed by atoms with Crippen molar-refractivity contribution in [3.05, 3.63) is 77.9 Å². The molecular weight excluding hydrogens is 370 g/mol.